The fourth-order valence-corrected chi connectivity index (χ4v) is 2.13. The number of hydrazine groups is 1. The third-order valence-corrected chi connectivity index (χ3v) is 3.02. The van der Waals surface area contributed by atoms with Crippen LogP contribution >= 0.6 is 0 Å². The van der Waals surface area contributed by atoms with Gasteiger partial charge in [0.05, 0.1) is 5.69 Å². The summed E-state index contributed by atoms with van der Waals surface area (Å²) >= 11 is 0. The number of rotatable bonds is 2. The molecule has 1 aliphatic rings. The number of hydrogen-bond donors (Lipinski definition) is 1. The molecule has 2 aromatic rings. The molecule has 0 saturated heterocycles. The third kappa shape index (κ3) is 2.79. The maximum Gasteiger partial charge on any atom is 0.201 e. The first kappa shape index (κ1) is 12.8. The molecule has 0 radical (unpaired) electrons. The highest BCUT2D eigenvalue weighted by atomic mass is 79.9. The highest BCUT2D eigenvalue weighted by Crippen LogP contribution is 2.12. The van der Waals surface area contributed by atoms with E-state index in [9.17, 15) is 0 Å². The largest absolute Gasteiger partial charge is 1.00 e. The molecule has 1 N–H and O–H groups in total. The van der Waals surface area contributed by atoms with Gasteiger partial charge in [-0.25, -0.2) is 0 Å². The Labute approximate surface area is 118 Å². The lowest BCUT2D eigenvalue weighted by molar-refractivity contribution is -0.492. The molecule has 0 unspecified atom stereocenters. The molecule has 3 rings (SSSR count). The Morgan fingerprint density at radius 1 is 0.889 bits per heavy atom. The van der Waals surface area contributed by atoms with Gasteiger partial charge in [-0.3, -0.25) is 0 Å². The van der Waals surface area contributed by atoms with Crippen molar-refractivity contribution in [1.82, 2.24) is 0 Å². The third-order valence-electron chi connectivity index (χ3n) is 3.02. The predicted molar refractivity (Wildman–Crippen MR) is 70.5 cm³/mol. The van der Waals surface area contributed by atoms with Gasteiger partial charge < -0.3 is 17.0 Å². The summed E-state index contributed by atoms with van der Waals surface area (Å²) in [6.45, 7) is 1.01. The van der Waals surface area contributed by atoms with Crippen molar-refractivity contribution in [2.45, 2.75) is 6.42 Å². The van der Waals surface area contributed by atoms with Crippen LogP contribution in [0.1, 0.15) is 11.1 Å². The summed E-state index contributed by atoms with van der Waals surface area (Å²) in [7, 11) is 0. The number of nitrogens with one attached hydrogen (secondary N) is 1. The lowest BCUT2D eigenvalue weighted by Gasteiger charge is -2.12. The van der Waals surface area contributed by atoms with Crippen molar-refractivity contribution >= 4 is 11.9 Å². The molecule has 92 valence electrons. The quantitative estimate of drug-likeness (QED) is 0.753. The first-order valence-corrected chi connectivity index (χ1v) is 5.93. The molecule has 0 bridgehead atoms. The Morgan fingerprint density at radius 3 is 2.44 bits per heavy atom. The zero-order valence-electron chi connectivity index (χ0n) is 10.0. The second-order valence-corrected chi connectivity index (χ2v) is 4.25. The van der Waals surface area contributed by atoms with Crippen molar-refractivity contribution < 1.29 is 21.7 Å². The molecule has 2 aromatic carbocycles. The standard InChI is InChI=1S/C15H15N2.BrH/c1-2-8-15(9-3-1)16-17-11-10-13-6-4-5-7-14(13)12-17;/h1-9,12,16H,10-11H2;1H/q+1;/p-1. The fraction of sp³-hybridized carbons (Fsp3) is 0.133. The monoisotopic (exact) mass is 302 g/mol. The average molecular weight is 303 g/mol. The highest BCUT2D eigenvalue weighted by molar-refractivity contribution is 5.78. The van der Waals surface area contributed by atoms with E-state index in [-0.39, 0.29) is 17.0 Å². The van der Waals surface area contributed by atoms with Crippen molar-refractivity contribution in [3.63, 3.8) is 0 Å². The van der Waals surface area contributed by atoms with Crippen LogP contribution in [0.2, 0.25) is 0 Å². The Kier molecular flexibility index (Phi) is 4.15. The topological polar surface area (TPSA) is 15.0 Å². The number of hydrazone groups is 1. The molecule has 0 saturated carbocycles. The lowest BCUT2D eigenvalue weighted by Crippen LogP contribution is -3.00. The Bertz CT molecular complexity index is 549. The molecule has 18 heavy (non-hydrogen) atoms. The average Bonchev–Trinajstić information content (AvgIpc) is 2.40. The molecule has 1 aliphatic heterocycles. The van der Waals surface area contributed by atoms with E-state index in [0.717, 1.165) is 18.7 Å². The van der Waals surface area contributed by atoms with Crippen LogP contribution in [0.15, 0.2) is 54.6 Å². The summed E-state index contributed by atoms with van der Waals surface area (Å²) in [6, 6.07) is 18.8. The molecular weight excluding hydrogens is 288 g/mol. The zero-order chi connectivity index (χ0) is 11.5. The minimum atomic E-state index is 0. The van der Waals surface area contributed by atoms with Crippen LogP contribution in [-0.2, 0) is 6.42 Å². The normalized spacial score (nSPS) is 13.0. The van der Waals surface area contributed by atoms with Crippen LogP contribution < -0.4 is 22.4 Å². The van der Waals surface area contributed by atoms with Crippen molar-refractivity contribution in [3.05, 3.63) is 65.7 Å². The van der Waals surface area contributed by atoms with E-state index < -0.39 is 0 Å². The van der Waals surface area contributed by atoms with Crippen molar-refractivity contribution in [3.8, 4) is 0 Å². The Balaban J connectivity index is 0.00000120. The molecule has 2 nitrogen and oxygen atoms in total. The maximum absolute atomic E-state index is 3.40. The van der Waals surface area contributed by atoms with E-state index >= 15 is 0 Å². The molecule has 0 aromatic heterocycles. The predicted octanol–water partition coefficient (Wildman–Crippen LogP) is -0.295. The van der Waals surface area contributed by atoms with Gasteiger partial charge in [0.1, 0.15) is 0 Å². The summed E-state index contributed by atoms with van der Waals surface area (Å²) in [5.41, 5.74) is 7.26. The van der Waals surface area contributed by atoms with Gasteiger partial charge in [-0.15, -0.1) is 4.68 Å². The molecule has 3 heteroatoms. The van der Waals surface area contributed by atoms with Crippen molar-refractivity contribution in [2.24, 2.45) is 0 Å². The number of nitrogens with zero attached hydrogens (tertiary/aromatic N) is 1. The first-order valence-electron chi connectivity index (χ1n) is 5.93. The summed E-state index contributed by atoms with van der Waals surface area (Å²) in [5.74, 6) is 0. The van der Waals surface area contributed by atoms with Gasteiger partial charge in [-0.05, 0) is 23.8 Å². The van der Waals surface area contributed by atoms with Crippen molar-refractivity contribution in [1.29, 1.82) is 0 Å². The molecule has 1 heterocycles. The molecule has 0 atom stereocenters. The van der Waals surface area contributed by atoms with Gasteiger partial charge in [-0.2, -0.15) is 5.43 Å². The second-order valence-electron chi connectivity index (χ2n) is 4.25. The van der Waals surface area contributed by atoms with E-state index in [0.29, 0.717) is 0 Å². The maximum atomic E-state index is 3.40. The lowest BCUT2D eigenvalue weighted by atomic mass is 10.0. The van der Waals surface area contributed by atoms with Crippen LogP contribution in [-0.4, -0.2) is 17.4 Å². The van der Waals surface area contributed by atoms with Gasteiger partial charge in [0, 0.05) is 12.0 Å². The summed E-state index contributed by atoms with van der Waals surface area (Å²) < 4.78 is 2.15. The van der Waals surface area contributed by atoms with E-state index in [1.807, 2.05) is 18.2 Å². The minimum Gasteiger partial charge on any atom is -1.00 e. The van der Waals surface area contributed by atoms with Gasteiger partial charge in [0.15, 0.2) is 6.54 Å². The first-order chi connectivity index (χ1) is 8.42. The highest BCUT2D eigenvalue weighted by Gasteiger charge is 2.15. The molecule has 0 fully saturated rings. The van der Waals surface area contributed by atoms with E-state index in [1.165, 1.54) is 11.1 Å². The molecule has 0 amide bonds. The van der Waals surface area contributed by atoms with E-state index in [4.69, 9.17) is 0 Å². The van der Waals surface area contributed by atoms with Gasteiger partial charge >= 0.3 is 0 Å². The summed E-state index contributed by atoms with van der Waals surface area (Å²) in [4.78, 5) is 0. The van der Waals surface area contributed by atoms with Crippen LogP contribution in [0.4, 0.5) is 5.69 Å². The number of anilines is 1. The summed E-state index contributed by atoms with van der Waals surface area (Å²) in [6.07, 6.45) is 3.26. The van der Waals surface area contributed by atoms with Gasteiger partial charge in [0.2, 0.25) is 6.21 Å². The number of para-hydroxylation sites is 1. The van der Waals surface area contributed by atoms with Crippen LogP contribution in [0.5, 0.6) is 0 Å². The number of hydrogen-bond acceptors (Lipinski definition) is 1. The summed E-state index contributed by atoms with van der Waals surface area (Å²) in [5, 5.41) is 0. The second kappa shape index (κ2) is 5.83. The number of halogens is 1. The van der Waals surface area contributed by atoms with Crippen LogP contribution in [0, 0.1) is 0 Å². The number of fused-ring (bicyclic) bond motifs is 1. The molecule has 0 spiro atoms. The van der Waals surface area contributed by atoms with Gasteiger partial charge in [-0.1, -0.05) is 36.4 Å². The van der Waals surface area contributed by atoms with Crippen LogP contribution in [0.3, 0.4) is 0 Å². The molecular formula is C15H15BrN2. The van der Waals surface area contributed by atoms with Crippen molar-refractivity contribution in [2.75, 3.05) is 12.0 Å². The van der Waals surface area contributed by atoms with Gasteiger partial charge in [0.25, 0.3) is 0 Å². The smallest absolute Gasteiger partial charge is 0.201 e. The Hall–Kier alpha value is -1.61. The van der Waals surface area contributed by atoms with E-state index in [1.54, 1.807) is 0 Å². The number of benzene rings is 2. The SMILES string of the molecule is C1=[N+](Nc2ccccc2)CCc2ccccc21.[Br-]. The Morgan fingerprint density at radius 2 is 1.61 bits per heavy atom. The zero-order valence-corrected chi connectivity index (χ0v) is 11.6. The van der Waals surface area contributed by atoms with E-state index in [2.05, 4.69) is 52.7 Å². The minimum absolute atomic E-state index is 0. The van der Waals surface area contributed by atoms with Crippen LogP contribution in [0.25, 0.3) is 0 Å². The molecule has 0 aliphatic carbocycles. The fourth-order valence-electron chi connectivity index (χ4n) is 2.13.